The van der Waals surface area contributed by atoms with Gasteiger partial charge in [-0.15, -0.1) is 25.6 Å². The number of carbonyl (C=O) groups excluding carboxylic acids is 1. The lowest BCUT2D eigenvalue weighted by Crippen LogP contribution is -2.11. The number of aromatic hydroxyl groups is 1. The number of nitrogens with one attached hydrogen (secondary N) is 1. The molecule has 368 valence electrons. The number of nitrogens with zero attached hydrogens (tertiary/aromatic N) is 6. The number of fused-ring (bicyclic) bond motifs is 4. The maximum absolute atomic E-state index is 12.9. The molecule has 9 aromatic carbocycles. The molecule has 26 heteroatoms. The maximum atomic E-state index is 12.9. The Kier molecular flexibility index (Phi) is 12.6. The zero-order valence-corrected chi connectivity index (χ0v) is 39.9. The number of benzene rings is 9. The summed E-state index contributed by atoms with van der Waals surface area (Å²) >= 11 is 0. The molecule has 0 radical (unpaired) electrons. The third-order valence-electron chi connectivity index (χ3n) is 11.1. The fourth-order valence-corrected chi connectivity index (χ4v) is 9.77. The summed E-state index contributed by atoms with van der Waals surface area (Å²) in [7, 11) is -19.2. The highest BCUT2D eigenvalue weighted by Crippen LogP contribution is 2.44. The summed E-state index contributed by atoms with van der Waals surface area (Å²) < 4.78 is 137. The Labute approximate surface area is 412 Å². The van der Waals surface area contributed by atoms with Crippen LogP contribution in [0.25, 0.3) is 43.1 Å². The van der Waals surface area contributed by atoms with E-state index in [0.717, 1.165) is 30.3 Å². The molecule has 0 spiro atoms. The lowest BCUT2D eigenvalue weighted by molar-refractivity contribution is 0.102. The van der Waals surface area contributed by atoms with Gasteiger partial charge in [-0.2, -0.15) is 38.8 Å². The Morgan fingerprint density at radius 3 is 1.44 bits per heavy atom. The van der Waals surface area contributed by atoms with Gasteiger partial charge in [0.1, 0.15) is 10.6 Å². The Balaban J connectivity index is 1.09. The van der Waals surface area contributed by atoms with E-state index in [1.54, 1.807) is 18.2 Å². The average molecular weight is 1060 g/mol. The van der Waals surface area contributed by atoms with Crippen LogP contribution in [0.5, 0.6) is 5.75 Å². The van der Waals surface area contributed by atoms with Crippen molar-refractivity contribution in [3.05, 3.63) is 151 Å². The molecule has 73 heavy (non-hydrogen) atoms. The first kappa shape index (κ1) is 49.5. The maximum Gasteiger partial charge on any atom is 0.296 e. The molecule has 0 unspecified atom stereocenters. The molecule has 0 saturated carbocycles. The lowest BCUT2D eigenvalue weighted by Gasteiger charge is -2.11. The third-order valence-corrected chi connectivity index (χ3v) is 14.5. The number of rotatable bonds is 12. The first-order valence-corrected chi connectivity index (χ1v) is 26.5. The van der Waals surface area contributed by atoms with Crippen molar-refractivity contribution in [1.29, 1.82) is 0 Å². The van der Waals surface area contributed by atoms with Crippen molar-refractivity contribution in [2.75, 3.05) is 11.1 Å². The number of hydrogen-bond donors (Lipinski definition) is 7. The Hall–Kier alpha value is -8.47. The molecule has 0 aliphatic heterocycles. The van der Waals surface area contributed by atoms with Gasteiger partial charge < -0.3 is 16.2 Å². The second kappa shape index (κ2) is 18.6. The minimum atomic E-state index is -5.13. The van der Waals surface area contributed by atoms with Crippen molar-refractivity contribution < 1.29 is 61.8 Å². The van der Waals surface area contributed by atoms with E-state index in [1.165, 1.54) is 97.1 Å². The van der Waals surface area contributed by atoms with Gasteiger partial charge in [-0.3, -0.25) is 23.0 Å². The van der Waals surface area contributed by atoms with Gasteiger partial charge in [0.05, 0.1) is 43.1 Å². The number of amides is 1. The number of carbonyl (C=O) groups is 1. The molecule has 0 aromatic heterocycles. The van der Waals surface area contributed by atoms with E-state index < -0.39 is 72.5 Å². The summed E-state index contributed by atoms with van der Waals surface area (Å²) in [4.78, 5) is 10.6. The largest absolute Gasteiger partial charge is 0.505 e. The molecule has 0 aliphatic carbocycles. The highest BCUT2D eigenvalue weighted by Gasteiger charge is 2.23. The highest BCUT2D eigenvalue weighted by atomic mass is 32.2. The van der Waals surface area contributed by atoms with Crippen LogP contribution in [-0.4, -0.2) is 62.9 Å². The minimum absolute atomic E-state index is 0.0273. The molecule has 0 bridgehead atoms. The molecule has 8 N–H and O–H groups in total. The average Bonchev–Trinajstić information content (AvgIpc) is 3.33. The van der Waals surface area contributed by atoms with Gasteiger partial charge in [-0.05, 0) is 137 Å². The zero-order valence-electron chi connectivity index (χ0n) is 36.7. The van der Waals surface area contributed by atoms with Crippen molar-refractivity contribution in [2.24, 2.45) is 30.7 Å². The van der Waals surface area contributed by atoms with E-state index in [9.17, 15) is 61.8 Å². The number of nitrogens with two attached hydrogens (primary N) is 1. The predicted molar refractivity (Wildman–Crippen MR) is 268 cm³/mol. The summed E-state index contributed by atoms with van der Waals surface area (Å²) in [5.41, 5.74) is 6.38. The van der Waals surface area contributed by atoms with Crippen LogP contribution in [0.15, 0.2) is 196 Å². The number of phenolic OH excluding ortho intramolecular Hbond substituents is 1. The Bertz CT molecular complexity index is 4400. The van der Waals surface area contributed by atoms with Crippen LogP contribution in [-0.2, 0) is 40.5 Å². The third kappa shape index (κ3) is 10.5. The van der Waals surface area contributed by atoms with Crippen LogP contribution in [0.4, 0.5) is 45.5 Å². The molecular weight excluding hydrogens is 1030 g/mol. The van der Waals surface area contributed by atoms with E-state index in [-0.39, 0.29) is 65.8 Å². The molecule has 9 rings (SSSR count). The normalized spacial score (nSPS) is 12.8. The van der Waals surface area contributed by atoms with Crippen molar-refractivity contribution in [3.63, 3.8) is 0 Å². The Morgan fingerprint density at radius 1 is 0.425 bits per heavy atom. The van der Waals surface area contributed by atoms with Crippen molar-refractivity contribution in [2.45, 2.75) is 19.6 Å². The van der Waals surface area contributed by atoms with Crippen molar-refractivity contribution >= 4 is 135 Å². The second-order valence-corrected chi connectivity index (χ2v) is 21.6. The molecule has 0 saturated heterocycles. The van der Waals surface area contributed by atoms with Gasteiger partial charge in [-0.25, -0.2) is 0 Å². The van der Waals surface area contributed by atoms with Crippen LogP contribution < -0.4 is 11.1 Å². The van der Waals surface area contributed by atoms with Gasteiger partial charge in [0.15, 0.2) is 5.75 Å². The summed E-state index contributed by atoms with van der Waals surface area (Å²) in [5, 5.41) is 41.1. The summed E-state index contributed by atoms with van der Waals surface area (Å²) in [6.45, 7) is 0. The standard InChI is InChI=1S/C47H32N8O14S4/c48-29-5-1-25(2-6-29)47(57)49-30-8-12-35-28(20-30)22-44(73(67,68)69)45(46(35)56)55-54-43-18-16-41(37-14-11-34(24-39(37)43)72(64,65)66)52-53-42-17-15-40(36-13-10-33(23-38(36)42)71(61,62)63)51-50-31-7-3-27-21-32(70(58,59)60)9-4-26(27)19-31/h1-24,56H,48H2,(H,49,57)(H,58,59,60)(H,61,62,63)(H,64,65,66)(H,67,68,69). The number of nitrogen functional groups attached to an aromatic ring is 1. The second-order valence-electron chi connectivity index (χ2n) is 15.9. The first-order chi connectivity index (χ1) is 34.4. The summed E-state index contributed by atoms with van der Waals surface area (Å²) in [5.74, 6) is -1.27. The molecule has 0 aliphatic rings. The first-order valence-electron chi connectivity index (χ1n) is 20.7. The number of azo groups is 3. The molecule has 9 aromatic rings. The van der Waals surface area contributed by atoms with Crippen LogP contribution in [0.1, 0.15) is 10.4 Å². The van der Waals surface area contributed by atoms with E-state index in [4.69, 9.17) is 5.73 Å². The van der Waals surface area contributed by atoms with E-state index >= 15 is 0 Å². The smallest absolute Gasteiger partial charge is 0.296 e. The van der Waals surface area contributed by atoms with Gasteiger partial charge in [-0.1, -0.05) is 24.3 Å². The van der Waals surface area contributed by atoms with Gasteiger partial charge in [0.2, 0.25) is 0 Å². The van der Waals surface area contributed by atoms with Crippen LogP contribution in [0, 0.1) is 0 Å². The van der Waals surface area contributed by atoms with E-state index in [0.29, 0.717) is 27.5 Å². The molecule has 0 atom stereocenters. The molecule has 0 heterocycles. The van der Waals surface area contributed by atoms with Crippen LogP contribution >= 0.6 is 0 Å². The SMILES string of the molecule is Nc1ccc(C(=O)Nc2ccc3c(O)c(N=Nc4ccc(N=Nc5ccc(N=Nc6ccc7cc(S(=O)(=O)O)ccc7c6)c6ccc(S(=O)(=O)O)cc56)c5ccc(S(=O)(=O)O)cc45)c(S(=O)(=O)O)cc3c2)cc1. The van der Waals surface area contributed by atoms with Crippen LogP contribution in [0.2, 0.25) is 0 Å². The van der Waals surface area contributed by atoms with Gasteiger partial charge in [0.25, 0.3) is 46.4 Å². The number of hydrogen-bond acceptors (Lipinski definition) is 17. The molecular formula is C47H32N8O14S4. The quantitative estimate of drug-likeness (QED) is 0.0340. The van der Waals surface area contributed by atoms with Crippen molar-refractivity contribution in [1.82, 2.24) is 0 Å². The summed E-state index contributed by atoms with van der Waals surface area (Å²) in [6, 6.07) is 32.4. The molecule has 0 fully saturated rings. The number of anilines is 2. The van der Waals surface area contributed by atoms with E-state index in [1.807, 2.05) is 0 Å². The fourth-order valence-electron chi connectivity index (χ4n) is 7.58. The lowest BCUT2D eigenvalue weighted by atomic mass is 10.1. The fraction of sp³-hybridized carbons (Fsp3) is 0. The monoisotopic (exact) mass is 1060 g/mol. The van der Waals surface area contributed by atoms with Crippen LogP contribution in [0.3, 0.4) is 0 Å². The van der Waals surface area contributed by atoms with Crippen molar-refractivity contribution in [3.8, 4) is 5.75 Å². The molecule has 22 nitrogen and oxygen atoms in total. The van der Waals surface area contributed by atoms with Gasteiger partial charge >= 0.3 is 0 Å². The topological polar surface area (TPSA) is 367 Å². The zero-order chi connectivity index (χ0) is 52.2. The molecule has 1 amide bonds. The van der Waals surface area contributed by atoms with E-state index in [2.05, 4.69) is 36.0 Å². The summed E-state index contributed by atoms with van der Waals surface area (Å²) in [6.07, 6.45) is 0. The minimum Gasteiger partial charge on any atom is -0.505 e. The highest BCUT2D eigenvalue weighted by molar-refractivity contribution is 7.86. The predicted octanol–water partition coefficient (Wildman–Crippen LogP) is 11.1. The van der Waals surface area contributed by atoms with Gasteiger partial charge in [0, 0.05) is 43.9 Å². The number of phenols is 1. The Morgan fingerprint density at radius 2 is 0.890 bits per heavy atom.